The summed E-state index contributed by atoms with van der Waals surface area (Å²) in [6.45, 7) is 6.72. The summed E-state index contributed by atoms with van der Waals surface area (Å²) < 4.78 is 0. The third-order valence-corrected chi connectivity index (χ3v) is 4.03. The van der Waals surface area contributed by atoms with E-state index < -0.39 is 0 Å². The maximum Gasteiger partial charge on any atom is -0.0239 e. The van der Waals surface area contributed by atoms with Crippen molar-refractivity contribution in [2.45, 2.75) is 6.92 Å². The summed E-state index contributed by atoms with van der Waals surface area (Å²) in [5, 5.41) is 3.05. The van der Waals surface area contributed by atoms with Gasteiger partial charge in [-0.05, 0) is 36.4 Å². The Labute approximate surface area is 72.4 Å². The molecule has 2 unspecified atom stereocenters. The molecule has 1 rings (SSSR count). The van der Waals surface area contributed by atoms with Crippen molar-refractivity contribution < 1.29 is 0 Å². The van der Waals surface area contributed by atoms with E-state index in [0.717, 1.165) is 17.2 Å². The summed E-state index contributed by atoms with van der Waals surface area (Å²) >= 11 is 0. The van der Waals surface area contributed by atoms with Crippen LogP contribution < -0.4 is 10.6 Å². The molecule has 60 valence electrons. The minimum atomic E-state index is 0.933. The molecule has 0 heterocycles. The van der Waals surface area contributed by atoms with E-state index in [1.54, 1.807) is 0 Å². The van der Waals surface area contributed by atoms with Crippen LogP contribution in [-0.2, 0) is 0 Å². The molecule has 0 nitrogen and oxygen atoms in total. The van der Waals surface area contributed by atoms with Gasteiger partial charge in [0.15, 0.2) is 0 Å². The monoisotopic (exact) mass is 184 g/mol. The Hall–Kier alpha value is 0.0800. The van der Waals surface area contributed by atoms with Gasteiger partial charge in [0, 0.05) is 0 Å². The highest BCUT2D eigenvalue weighted by Crippen LogP contribution is 2.12. The molecular formula is C9H14P2. The minimum Gasteiger partial charge on any atom is -0.0933 e. The Balaban J connectivity index is 3.10. The minimum absolute atomic E-state index is 0.933. The van der Waals surface area contributed by atoms with Gasteiger partial charge in [0.25, 0.3) is 0 Å². The lowest BCUT2D eigenvalue weighted by Crippen LogP contribution is -2.10. The fourth-order valence-electron chi connectivity index (χ4n) is 1.18. The molecule has 1 aromatic carbocycles. The van der Waals surface area contributed by atoms with Gasteiger partial charge in [-0.3, -0.25) is 0 Å². The van der Waals surface area contributed by atoms with Crippen LogP contribution in [0, 0.1) is 6.92 Å². The molecule has 11 heavy (non-hydrogen) atoms. The lowest BCUT2D eigenvalue weighted by atomic mass is 10.2. The van der Waals surface area contributed by atoms with Gasteiger partial charge in [-0.1, -0.05) is 35.4 Å². The molecule has 0 amide bonds. The van der Waals surface area contributed by atoms with Crippen molar-refractivity contribution in [2.24, 2.45) is 0 Å². The Morgan fingerprint density at radius 1 is 1.00 bits per heavy atom. The van der Waals surface area contributed by atoms with E-state index in [1.807, 2.05) is 0 Å². The van der Waals surface area contributed by atoms with E-state index in [9.17, 15) is 0 Å². The quantitative estimate of drug-likeness (QED) is 0.615. The molecule has 2 heteroatoms. The molecule has 0 radical (unpaired) electrons. The van der Waals surface area contributed by atoms with Crippen LogP contribution in [0.2, 0.25) is 0 Å². The van der Waals surface area contributed by atoms with Gasteiger partial charge in [0.1, 0.15) is 0 Å². The second kappa shape index (κ2) is 4.19. The molecule has 1 aromatic rings. The predicted molar refractivity (Wildman–Crippen MR) is 58.9 cm³/mol. The fourth-order valence-corrected chi connectivity index (χ4v) is 2.85. The maximum atomic E-state index is 2.24. The molecule has 0 saturated carbocycles. The molecule has 0 fully saturated rings. The van der Waals surface area contributed by atoms with Gasteiger partial charge in [-0.15, -0.1) is 0 Å². The normalized spacial score (nSPS) is 12.3. The van der Waals surface area contributed by atoms with Crippen LogP contribution in [0.4, 0.5) is 0 Å². The van der Waals surface area contributed by atoms with E-state index in [1.165, 1.54) is 16.2 Å². The van der Waals surface area contributed by atoms with Crippen LogP contribution in [0.25, 0.3) is 0 Å². The summed E-state index contributed by atoms with van der Waals surface area (Å²) in [5.41, 5.74) is 1.51. The number of benzene rings is 1. The van der Waals surface area contributed by atoms with Crippen LogP contribution in [0.1, 0.15) is 5.56 Å². The van der Waals surface area contributed by atoms with Crippen LogP contribution >= 0.6 is 17.2 Å². The average Bonchev–Trinajstić information content (AvgIpc) is 2.05. The lowest BCUT2D eigenvalue weighted by Gasteiger charge is -2.06. The molecule has 0 aliphatic carbocycles. The average molecular weight is 184 g/mol. The first-order valence-electron chi connectivity index (χ1n) is 3.74. The number of hydrogen-bond acceptors (Lipinski definition) is 0. The van der Waals surface area contributed by atoms with Crippen LogP contribution in [0.3, 0.4) is 0 Å². The van der Waals surface area contributed by atoms with Gasteiger partial charge in [0.2, 0.25) is 0 Å². The van der Waals surface area contributed by atoms with Crippen molar-refractivity contribution in [3.63, 3.8) is 0 Å². The van der Waals surface area contributed by atoms with E-state index in [-0.39, 0.29) is 0 Å². The van der Waals surface area contributed by atoms with Gasteiger partial charge >= 0.3 is 0 Å². The van der Waals surface area contributed by atoms with Crippen molar-refractivity contribution in [2.75, 3.05) is 13.3 Å². The summed E-state index contributed by atoms with van der Waals surface area (Å²) in [5.74, 6) is 0. The summed E-state index contributed by atoms with van der Waals surface area (Å²) in [7, 11) is 1.87. The van der Waals surface area contributed by atoms with Crippen molar-refractivity contribution in [3.05, 3.63) is 23.8 Å². The topological polar surface area (TPSA) is 0 Å². The van der Waals surface area contributed by atoms with E-state index >= 15 is 0 Å². The summed E-state index contributed by atoms with van der Waals surface area (Å²) in [6.07, 6.45) is 0. The van der Waals surface area contributed by atoms with Gasteiger partial charge in [-0.2, -0.15) is 0 Å². The van der Waals surface area contributed by atoms with Gasteiger partial charge in [-0.25, -0.2) is 0 Å². The van der Waals surface area contributed by atoms with E-state index in [2.05, 4.69) is 38.5 Å². The smallest absolute Gasteiger partial charge is 0.0239 e. The van der Waals surface area contributed by atoms with Crippen molar-refractivity contribution >= 4 is 27.8 Å². The second-order valence-electron chi connectivity index (χ2n) is 2.48. The Morgan fingerprint density at radius 3 is 1.82 bits per heavy atom. The summed E-state index contributed by atoms with van der Waals surface area (Å²) in [6, 6.07) is 6.64. The zero-order valence-electron chi connectivity index (χ0n) is 7.23. The van der Waals surface area contributed by atoms with Crippen molar-refractivity contribution in [1.82, 2.24) is 0 Å². The first-order valence-corrected chi connectivity index (χ1v) is 6.74. The number of hydrogen-bond donors (Lipinski definition) is 0. The molecule has 0 aromatic heterocycles. The third kappa shape index (κ3) is 2.01. The molecule has 2 atom stereocenters. The first kappa shape index (κ1) is 9.17. The highest BCUT2D eigenvalue weighted by molar-refractivity contribution is 7.48. The Morgan fingerprint density at radius 2 is 1.45 bits per heavy atom. The molecule has 0 spiro atoms. The Kier molecular flexibility index (Phi) is 3.49. The zero-order chi connectivity index (χ0) is 8.27. The molecule has 0 aliphatic heterocycles. The van der Waals surface area contributed by atoms with Gasteiger partial charge < -0.3 is 0 Å². The predicted octanol–water partition coefficient (Wildman–Crippen LogP) is 1.86. The molecule has 0 saturated heterocycles. The third-order valence-electron chi connectivity index (χ3n) is 1.87. The van der Waals surface area contributed by atoms with Crippen LogP contribution in [-0.4, -0.2) is 13.3 Å². The van der Waals surface area contributed by atoms with Crippen LogP contribution in [0.15, 0.2) is 18.2 Å². The van der Waals surface area contributed by atoms with Crippen LogP contribution in [0.5, 0.6) is 0 Å². The second-order valence-corrected chi connectivity index (χ2v) is 4.56. The molecule has 0 N–H and O–H groups in total. The molecule has 0 aliphatic rings. The fraction of sp³-hybridized carbons (Fsp3) is 0.333. The first-order chi connectivity index (χ1) is 5.29. The summed E-state index contributed by atoms with van der Waals surface area (Å²) in [4.78, 5) is 0. The highest BCUT2D eigenvalue weighted by atomic mass is 31.1. The standard InChI is InChI=1S/C9H14P2/c1-7-8(10-2)5-4-6-9(7)11-3/h4-6,10-11H,1-3H3. The largest absolute Gasteiger partial charge is 0.0933 e. The zero-order valence-corrected chi connectivity index (χ0v) is 9.23. The molecular weight excluding hydrogens is 170 g/mol. The molecule has 0 bridgehead atoms. The number of rotatable bonds is 2. The highest BCUT2D eigenvalue weighted by Gasteiger charge is 1.98. The SMILES string of the molecule is CPc1cccc(PC)c1C. The van der Waals surface area contributed by atoms with Crippen molar-refractivity contribution in [3.8, 4) is 0 Å². The van der Waals surface area contributed by atoms with Crippen molar-refractivity contribution in [1.29, 1.82) is 0 Å². The lowest BCUT2D eigenvalue weighted by molar-refractivity contribution is 1.57. The maximum absolute atomic E-state index is 2.24. The Bertz CT molecular complexity index is 221. The van der Waals surface area contributed by atoms with E-state index in [4.69, 9.17) is 0 Å². The van der Waals surface area contributed by atoms with Gasteiger partial charge in [0.05, 0.1) is 0 Å². The van der Waals surface area contributed by atoms with E-state index in [0.29, 0.717) is 0 Å².